The van der Waals surface area contributed by atoms with Crippen LogP contribution in [-0.4, -0.2) is 24.2 Å². The first-order valence-corrected chi connectivity index (χ1v) is 14.1. The molecule has 4 aromatic rings. The number of pyridine rings is 1. The molecular weight excluding hydrogens is 388 g/mol. The number of aromatic nitrogens is 2. The van der Waals surface area contributed by atoms with Gasteiger partial charge in [0.05, 0.1) is 5.39 Å². The summed E-state index contributed by atoms with van der Waals surface area (Å²) in [5.41, 5.74) is 3.10. The first-order chi connectivity index (χ1) is 14.5. The van der Waals surface area contributed by atoms with Crippen LogP contribution in [-0.2, 0) is 11.5 Å². The third-order valence-corrected chi connectivity index (χ3v) is 6.71. The van der Waals surface area contributed by atoms with Gasteiger partial charge in [-0.05, 0) is 29.8 Å². The highest BCUT2D eigenvalue weighted by Gasteiger charge is 2.17. The van der Waals surface area contributed by atoms with Gasteiger partial charge in [0.1, 0.15) is 23.9 Å². The molecule has 4 rings (SSSR count). The summed E-state index contributed by atoms with van der Waals surface area (Å²) in [6.45, 7) is 8.35. The van der Waals surface area contributed by atoms with E-state index >= 15 is 0 Å². The molecule has 0 amide bonds. The van der Waals surface area contributed by atoms with Crippen LogP contribution in [0.1, 0.15) is 0 Å². The number of ether oxygens (including phenoxy) is 2. The van der Waals surface area contributed by atoms with Crippen LogP contribution >= 0.6 is 0 Å². The number of hydrogen-bond donors (Lipinski definition) is 0. The lowest BCUT2D eigenvalue weighted by Gasteiger charge is -2.15. The number of para-hydroxylation sites is 1. The lowest BCUT2D eigenvalue weighted by atomic mass is 10.1. The van der Waals surface area contributed by atoms with E-state index in [4.69, 9.17) is 9.47 Å². The Balaban J connectivity index is 1.72. The molecule has 30 heavy (non-hydrogen) atoms. The van der Waals surface area contributed by atoms with Crippen LogP contribution in [0.25, 0.3) is 22.2 Å². The van der Waals surface area contributed by atoms with E-state index in [1.807, 2.05) is 42.5 Å². The Hall–Kier alpha value is -2.89. The highest BCUT2D eigenvalue weighted by Crippen LogP contribution is 2.37. The minimum atomic E-state index is -1.12. The van der Waals surface area contributed by atoms with Crippen molar-refractivity contribution in [3.05, 3.63) is 79.1 Å². The SMILES string of the molecule is C[Si](C)(C)CCOCn1cc(-c2ccccc2)c2c(Oc3ccccc3)ccnc21. The zero-order valence-corrected chi connectivity index (χ0v) is 18.8. The lowest BCUT2D eigenvalue weighted by molar-refractivity contribution is 0.0899. The van der Waals surface area contributed by atoms with Gasteiger partial charge in [-0.1, -0.05) is 68.2 Å². The van der Waals surface area contributed by atoms with E-state index in [0.29, 0.717) is 6.73 Å². The summed E-state index contributed by atoms with van der Waals surface area (Å²) in [6, 6.07) is 23.3. The summed E-state index contributed by atoms with van der Waals surface area (Å²) in [5, 5.41) is 1.00. The van der Waals surface area contributed by atoms with Crippen molar-refractivity contribution in [3.63, 3.8) is 0 Å². The molecule has 4 nitrogen and oxygen atoms in total. The van der Waals surface area contributed by atoms with E-state index in [-0.39, 0.29) is 0 Å². The van der Waals surface area contributed by atoms with Gasteiger partial charge >= 0.3 is 0 Å². The summed E-state index contributed by atoms with van der Waals surface area (Å²) >= 11 is 0. The average Bonchev–Trinajstić information content (AvgIpc) is 3.12. The summed E-state index contributed by atoms with van der Waals surface area (Å²) in [6.07, 6.45) is 3.92. The van der Waals surface area contributed by atoms with Crippen molar-refractivity contribution in [1.29, 1.82) is 0 Å². The normalized spacial score (nSPS) is 11.7. The molecule has 2 aromatic carbocycles. The fourth-order valence-corrected chi connectivity index (χ4v) is 4.12. The predicted molar refractivity (Wildman–Crippen MR) is 126 cm³/mol. The molecular formula is C25H28N2O2Si. The molecule has 0 atom stereocenters. The van der Waals surface area contributed by atoms with Crippen molar-refractivity contribution in [2.75, 3.05) is 6.61 Å². The molecule has 2 heterocycles. The van der Waals surface area contributed by atoms with Crippen LogP contribution in [0.2, 0.25) is 25.7 Å². The van der Waals surface area contributed by atoms with Gasteiger partial charge in [-0.25, -0.2) is 4.98 Å². The van der Waals surface area contributed by atoms with Crippen LogP contribution < -0.4 is 4.74 Å². The maximum absolute atomic E-state index is 6.25. The Kier molecular flexibility index (Phi) is 6.02. The summed E-state index contributed by atoms with van der Waals surface area (Å²) in [5.74, 6) is 1.61. The number of hydrogen-bond acceptors (Lipinski definition) is 3. The monoisotopic (exact) mass is 416 g/mol. The van der Waals surface area contributed by atoms with Crippen LogP contribution in [0.4, 0.5) is 0 Å². The third-order valence-electron chi connectivity index (χ3n) is 5.00. The molecule has 0 unspecified atom stereocenters. The molecule has 0 aliphatic heterocycles. The Morgan fingerprint density at radius 1 is 0.900 bits per heavy atom. The van der Waals surface area contributed by atoms with Gasteiger partial charge in [0, 0.05) is 32.6 Å². The second-order valence-corrected chi connectivity index (χ2v) is 14.3. The standard InChI is InChI=1S/C25H28N2O2Si/c1-30(2,3)17-16-28-19-27-18-22(20-10-6-4-7-11-20)24-23(14-15-26-25(24)27)29-21-12-8-5-9-13-21/h4-15,18H,16-17,19H2,1-3H3. The van der Waals surface area contributed by atoms with E-state index in [0.717, 1.165) is 46.3 Å². The Labute approximate surface area is 179 Å². The molecule has 0 fully saturated rings. The molecule has 154 valence electrons. The number of nitrogens with zero attached hydrogens (tertiary/aromatic N) is 2. The van der Waals surface area contributed by atoms with E-state index in [9.17, 15) is 0 Å². The molecule has 0 saturated heterocycles. The van der Waals surface area contributed by atoms with Crippen LogP contribution in [0, 0.1) is 0 Å². The maximum Gasteiger partial charge on any atom is 0.146 e. The quantitative estimate of drug-likeness (QED) is 0.234. The van der Waals surface area contributed by atoms with Crippen LogP contribution in [0.15, 0.2) is 79.1 Å². The van der Waals surface area contributed by atoms with Crippen molar-refractivity contribution in [3.8, 4) is 22.6 Å². The van der Waals surface area contributed by atoms with Crippen molar-refractivity contribution >= 4 is 19.1 Å². The van der Waals surface area contributed by atoms with Crippen LogP contribution in [0.3, 0.4) is 0 Å². The van der Waals surface area contributed by atoms with E-state index in [1.165, 1.54) is 0 Å². The molecule has 0 aliphatic rings. The molecule has 0 bridgehead atoms. The Morgan fingerprint density at radius 3 is 2.30 bits per heavy atom. The topological polar surface area (TPSA) is 36.3 Å². The number of benzene rings is 2. The zero-order chi connectivity index (χ0) is 21.0. The molecule has 0 aliphatic carbocycles. The fourth-order valence-electron chi connectivity index (χ4n) is 3.36. The van der Waals surface area contributed by atoms with E-state index in [2.05, 4.69) is 59.7 Å². The van der Waals surface area contributed by atoms with Gasteiger partial charge in [0.25, 0.3) is 0 Å². The summed E-state index contributed by atoms with van der Waals surface area (Å²) < 4.78 is 14.4. The number of rotatable bonds is 8. The van der Waals surface area contributed by atoms with Crippen molar-refractivity contribution in [2.24, 2.45) is 0 Å². The van der Waals surface area contributed by atoms with Gasteiger partial charge in [-0.3, -0.25) is 0 Å². The van der Waals surface area contributed by atoms with Gasteiger partial charge in [0.15, 0.2) is 0 Å². The molecule has 5 heteroatoms. The van der Waals surface area contributed by atoms with Gasteiger partial charge in [-0.2, -0.15) is 0 Å². The zero-order valence-electron chi connectivity index (χ0n) is 17.8. The third kappa shape index (κ3) is 4.80. The van der Waals surface area contributed by atoms with Gasteiger partial charge in [-0.15, -0.1) is 0 Å². The first-order valence-electron chi connectivity index (χ1n) is 10.4. The second-order valence-electron chi connectivity index (χ2n) is 8.65. The van der Waals surface area contributed by atoms with E-state index in [1.54, 1.807) is 6.20 Å². The predicted octanol–water partition coefficient (Wildman–Crippen LogP) is 6.81. The largest absolute Gasteiger partial charge is 0.457 e. The van der Waals surface area contributed by atoms with Gasteiger partial charge < -0.3 is 14.0 Å². The molecule has 0 N–H and O–H groups in total. The van der Waals surface area contributed by atoms with E-state index < -0.39 is 8.07 Å². The minimum Gasteiger partial charge on any atom is -0.457 e. The lowest BCUT2D eigenvalue weighted by Crippen LogP contribution is -2.22. The first kappa shape index (κ1) is 20.4. The smallest absolute Gasteiger partial charge is 0.146 e. The number of fused-ring (bicyclic) bond motifs is 1. The van der Waals surface area contributed by atoms with Crippen LogP contribution in [0.5, 0.6) is 11.5 Å². The molecule has 0 saturated carbocycles. The summed E-state index contributed by atoms with van der Waals surface area (Å²) in [7, 11) is -1.12. The Bertz CT molecular complexity index is 1100. The molecule has 0 radical (unpaired) electrons. The van der Waals surface area contributed by atoms with Gasteiger partial charge in [0.2, 0.25) is 0 Å². The summed E-state index contributed by atoms with van der Waals surface area (Å²) in [4.78, 5) is 4.67. The molecule has 0 spiro atoms. The van der Waals surface area contributed by atoms with Crippen molar-refractivity contribution in [2.45, 2.75) is 32.4 Å². The van der Waals surface area contributed by atoms with Crippen molar-refractivity contribution in [1.82, 2.24) is 9.55 Å². The highest BCUT2D eigenvalue weighted by atomic mass is 28.3. The molecule has 2 aromatic heterocycles. The Morgan fingerprint density at radius 2 is 1.60 bits per heavy atom. The van der Waals surface area contributed by atoms with Crippen molar-refractivity contribution < 1.29 is 9.47 Å². The second kappa shape index (κ2) is 8.86. The minimum absolute atomic E-state index is 0.482. The highest BCUT2D eigenvalue weighted by molar-refractivity contribution is 6.76. The fraction of sp³-hybridized carbons (Fsp3) is 0.240. The maximum atomic E-state index is 6.25. The average molecular weight is 417 g/mol.